The molecule has 4 nitrogen and oxygen atoms in total. The van der Waals surface area contributed by atoms with Crippen molar-refractivity contribution in [2.24, 2.45) is 10.7 Å². The van der Waals surface area contributed by atoms with Crippen molar-refractivity contribution < 1.29 is 0 Å². The Labute approximate surface area is 128 Å². The third-order valence-electron chi connectivity index (χ3n) is 4.19. The van der Waals surface area contributed by atoms with Gasteiger partial charge in [0, 0.05) is 12.6 Å². The van der Waals surface area contributed by atoms with Gasteiger partial charge in [0.05, 0.1) is 6.54 Å². The number of nitrogens with one attached hydrogen (secondary N) is 1. The molecule has 1 fully saturated rings. The highest BCUT2D eigenvalue weighted by atomic mass is 15.2. The van der Waals surface area contributed by atoms with E-state index < -0.39 is 0 Å². The van der Waals surface area contributed by atoms with Gasteiger partial charge in [-0.25, -0.2) is 0 Å². The van der Waals surface area contributed by atoms with Crippen LogP contribution >= 0.6 is 0 Å². The number of hydrogen-bond acceptors (Lipinski definition) is 2. The molecule has 0 spiro atoms. The van der Waals surface area contributed by atoms with Crippen molar-refractivity contribution in [1.82, 2.24) is 10.2 Å². The highest BCUT2D eigenvalue weighted by Gasteiger charge is 2.20. The minimum absolute atomic E-state index is 0.568. The molecular weight excluding hydrogens is 260 g/mol. The van der Waals surface area contributed by atoms with Gasteiger partial charge in [0.1, 0.15) is 0 Å². The number of likely N-dealkylation sites (N-methyl/N-ethyl adjacent to an activating group) is 1. The maximum absolute atomic E-state index is 5.96. The van der Waals surface area contributed by atoms with Crippen LogP contribution in [0, 0.1) is 0 Å². The van der Waals surface area contributed by atoms with E-state index in [0.717, 1.165) is 26.1 Å². The average Bonchev–Trinajstić information content (AvgIpc) is 2.54. The van der Waals surface area contributed by atoms with Crippen molar-refractivity contribution in [3.63, 3.8) is 0 Å². The summed E-state index contributed by atoms with van der Waals surface area (Å²) >= 11 is 0. The van der Waals surface area contributed by atoms with Gasteiger partial charge in [0.2, 0.25) is 0 Å². The van der Waals surface area contributed by atoms with Crippen molar-refractivity contribution in [2.75, 3.05) is 26.2 Å². The lowest BCUT2D eigenvalue weighted by Crippen LogP contribution is -2.42. The highest BCUT2D eigenvalue weighted by molar-refractivity contribution is 5.77. The monoisotopic (exact) mass is 288 g/mol. The van der Waals surface area contributed by atoms with E-state index >= 15 is 0 Å². The molecule has 1 aromatic carbocycles. The number of likely N-dealkylation sites (tertiary alicyclic amines) is 1. The smallest absolute Gasteiger partial charge is 0.188 e. The molecule has 1 aliphatic heterocycles. The van der Waals surface area contributed by atoms with E-state index in [4.69, 9.17) is 5.73 Å². The Morgan fingerprint density at radius 2 is 2.14 bits per heavy atom. The number of benzene rings is 1. The van der Waals surface area contributed by atoms with Gasteiger partial charge in [-0.15, -0.1) is 0 Å². The van der Waals surface area contributed by atoms with Crippen LogP contribution in [0.1, 0.15) is 31.7 Å². The molecule has 1 unspecified atom stereocenters. The third-order valence-corrected chi connectivity index (χ3v) is 4.19. The van der Waals surface area contributed by atoms with E-state index in [1.165, 1.54) is 31.4 Å². The second kappa shape index (κ2) is 8.67. The maximum Gasteiger partial charge on any atom is 0.188 e. The van der Waals surface area contributed by atoms with Crippen molar-refractivity contribution in [3.05, 3.63) is 35.9 Å². The summed E-state index contributed by atoms with van der Waals surface area (Å²) in [5.74, 6) is 0.576. The van der Waals surface area contributed by atoms with Crippen molar-refractivity contribution in [1.29, 1.82) is 0 Å². The van der Waals surface area contributed by atoms with Crippen LogP contribution in [0.4, 0.5) is 0 Å². The number of guanidine groups is 1. The standard InChI is InChI=1S/C17H28N4/c1-2-21-13-7-6-10-16(21)14-20-17(18)19-12-11-15-8-4-3-5-9-15/h3-5,8-9,16H,2,6-7,10-14H2,1H3,(H3,18,19,20). The summed E-state index contributed by atoms with van der Waals surface area (Å²) in [6.45, 7) is 6.20. The van der Waals surface area contributed by atoms with E-state index in [1.807, 2.05) is 6.07 Å². The highest BCUT2D eigenvalue weighted by Crippen LogP contribution is 2.16. The van der Waals surface area contributed by atoms with E-state index in [0.29, 0.717) is 12.0 Å². The largest absolute Gasteiger partial charge is 0.370 e. The molecule has 2 rings (SSSR count). The Kier molecular flexibility index (Phi) is 6.54. The Morgan fingerprint density at radius 3 is 2.90 bits per heavy atom. The van der Waals surface area contributed by atoms with Gasteiger partial charge >= 0.3 is 0 Å². The molecule has 0 saturated carbocycles. The second-order valence-electron chi connectivity index (χ2n) is 5.67. The number of piperidine rings is 1. The molecule has 1 atom stereocenters. The lowest BCUT2D eigenvalue weighted by molar-refractivity contribution is 0.161. The zero-order valence-corrected chi connectivity index (χ0v) is 13.1. The van der Waals surface area contributed by atoms with E-state index in [9.17, 15) is 0 Å². The number of aliphatic imine (C=N–C) groups is 1. The summed E-state index contributed by atoms with van der Waals surface area (Å²) in [5, 5.41) is 3.21. The van der Waals surface area contributed by atoms with Crippen LogP contribution in [0.2, 0.25) is 0 Å². The summed E-state index contributed by atoms with van der Waals surface area (Å²) in [7, 11) is 0. The molecule has 1 saturated heterocycles. The Balaban J connectivity index is 1.71. The van der Waals surface area contributed by atoms with E-state index in [1.54, 1.807) is 0 Å². The predicted molar refractivity (Wildman–Crippen MR) is 89.5 cm³/mol. The number of nitrogens with zero attached hydrogens (tertiary/aromatic N) is 2. The van der Waals surface area contributed by atoms with Crippen LogP contribution in [0.15, 0.2) is 35.3 Å². The van der Waals surface area contributed by atoms with Gasteiger partial charge in [-0.1, -0.05) is 43.7 Å². The quantitative estimate of drug-likeness (QED) is 0.622. The van der Waals surface area contributed by atoms with Crippen LogP contribution in [-0.4, -0.2) is 43.1 Å². The SMILES string of the molecule is CCN1CCCCC1CN=C(N)NCCc1ccccc1. The summed E-state index contributed by atoms with van der Waals surface area (Å²) in [6.07, 6.45) is 4.85. The fourth-order valence-electron chi connectivity index (χ4n) is 2.92. The molecule has 1 aromatic rings. The predicted octanol–water partition coefficient (Wildman–Crippen LogP) is 2.01. The summed E-state index contributed by atoms with van der Waals surface area (Å²) in [5.41, 5.74) is 7.28. The van der Waals surface area contributed by atoms with Crippen molar-refractivity contribution in [3.8, 4) is 0 Å². The van der Waals surface area contributed by atoms with Crippen LogP contribution in [0.25, 0.3) is 0 Å². The van der Waals surface area contributed by atoms with Crippen molar-refractivity contribution >= 4 is 5.96 Å². The molecule has 1 aliphatic rings. The summed E-state index contributed by atoms with van der Waals surface area (Å²) in [6, 6.07) is 11.0. The third kappa shape index (κ3) is 5.38. The zero-order chi connectivity index (χ0) is 14.9. The first kappa shape index (κ1) is 15.8. The van der Waals surface area contributed by atoms with Gasteiger partial charge < -0.3 is 11.1 Å². The van der Waals surface area contributed by atoms with Crippen molar-refractivity contribution in [2.45, 2.75) is 38.6 Å². The fourth-order valence-corrected chi connectivity index (χ4v) is 2.92. The number of hydrogen-bond donors (Lipinski definition) is 2. The molecule has 0 radical (unpaired) electrons. The molecule has 0 aromatic heterocycles. The zero-order valence-electron chi connectivity index (χ0n) is 13.1. The lowest BCUT2D eigenvalue weighted by Gasteiger charge is -2.33. The van der Waals surface area contributed by atoms with E-state index in [2.05, 4.69) is 46.4 Å². The molecular formula is C17H28N4. The lowest BCUT2D eigenvalue weighted by atomic mass is 10.0. The Morgan fingerprint density at radius 1 is 1.33 bits per heavy atom. The Bertz CT molecular complexity index is 430. The molecule has 3 N–H and O–H groups in total. The second-order valence-corrected chi connectivity index (χ2v) is 5.67. The number of nitrogens with two attached hydrogens (primary N) is 1. The first-order chi connectivity index (χ1) is 10.3. The summed E-state index contributed by atoms with van der Waals surface area (Å²) < 4.78 is 0. The topological polar surface area (TPSA) is 53.6 Å². The Hall–Kier alpha value is -1.55. The minimum atomic E-state index is 0.568. The van der Waals surface area contributed by atoms with Gasteiger partial charge in [-0.2, -0.15) is 0 Å². The van der Waals surface area contributed by atoms with E-state index in [-0.39, 0.29) is 0 Å². The normalized spacial score (nSPS) is 20.4. The molecule has 0 bridgehead atoms. The van der Waals surface area contributed by atoms with Crippen LogP contribution in [0.5, 0.6) is 0 Å². The maximum atomic E-state index is 5.96. The van der Waals surface area contributed by atoms with Gasteiger partial charge in [-0.3, -0.25) is 9.89 Å². The molecule has 1 heterocycles. The molecule has 116 valence electrons. The first-order valence-corrected chi connectivity index (χ1v) is 8.11. The van der Waals surface area contributed by atoms with Crippen LogP contribution < -0.4 is 11.1 Å². The van der Waals surface area contributed by atoms with Gasteiger partial charge in [-0.05, 0) is 37.9 Å². The van der Waals surface area contributed by atoms with Crippen LogP contribution in [-0.2, 0) is 6.42 Å². The molecule has 4 heteroatoms. The average molecular weight is 288 g/mol. The summed E-state index contributed by atoms with van der Waals surface area (Å²) in [4.78, 5) is 7.04. The minimum Gasteiger partial charge on any atom is -0.370 e. The van der Waals surface area contributed by atoms with Gasteiger partial charge in [0.15, 0.2) is 5.96 Å². The van der Waals surface area contributed by atoms with Crippen LogP contribution in [0.3, 0.4) is 0 Å². The fraction of sp³-hybridized carbons (Fsp3) is 0.588. The van der Waals surface area contributed by atoms with Gasteiger partial charge in [0.25, 0.3) is 0 Å². The molecule has 0 aliphatic carbocycles. The molecule has 21 heavy (non-hydrogen) atoms. The first-order valence-electron chi connectivity index (χ1n) is 8.11. The molecule has 0 amide bonds. The number of rotatable bonds is 6.